The van der Waals surface area contributed by atoms with Crippen LogP contribution in [0, 0.1) is 5.41 Å². The van der Waals surface area contributed by atoms with Gasteiger partial charge in [-0.05, 0) is 29.8 Å². The predicted molar refractivity (Wildman–Crippen MR) is 46.6 cm³/mol. The predicted octanol–water partition coefficient (Wildman–Crippen LogP) is 1.02. The third-order valence-corrected chi connectivity index (χ3v) is 4.31. The van der Waals surface area contributed by atoms with E-state index < -0.39 is 0 Å². The summed E-state index contributed by atoms with van der Waals surface area (Å²) in [6.07, 6.45) is 3.07. The highest BCUT2D eigenvalue weighted by Crippen LogP contribution is 2.45. The summed E-state index contributed by atoms with van der Waals surface area (Å²) < 4.78 is 0. The Morgan fingerprint density at radius 3 is 2.82 bits per heavy atom. The zero-order valence-electron chi connectivity index (χ0n) is 6.56. The second kappa shape index (κ2) is 2.70. The number of carbonyl (C=O) groups is 1. The fraction of sp³-hybridized carbons (Fsp3) is 0.875. The van der Waals surface area contributed by atoms with Crippen molar-refractivity contribution in [3.05, 3.63) is 0 Å². The lowest BCUT2D eigenvalue weighted by Crippen LogP contribution is -2.36. The van der Waals surface area contributed by atoms with Crippen LogP contribution in [0.15, 0.2) is 0 Å². The van der Waals surface area contributed by atoms with Crippen molar-refractivity contribution in [1.82, 2.24) is 5.32 Å². The smallest absolute Gasteiger partial charge is 0.220 e. The van der Waals surface area contributed by atoms with E-state index in [1.165, 1.54) is 17.9 Å². The molecule has 62 valence electrons. The molecule has 2 aliphatic heterocycles. The number of rotatable bonds is 0. The van der Waals surface area contributed by atoms with Gasteiger partial charge in [0.15, 0.2) is 0 Å². The Labute approximate surface area is 71.1 Å². The molecule has 2 nitrogen and oxygen atoms in total. The van der Waals surface area contributed by atoms with Gasteiger partial charge < -0.3 is 5.32 Å². The van der Waals surface area contributed by atoms with E-state index in [0.29, 0.717) is 5.41 Å². The Morgan fingerprint density at radius 1 is 1.36 bits per heavy atom. The summed E-state index contributed by atoms with van der Waals surface area (Å²) in [7, 11) is 0. The molecule has 11 heavy (non-hydrogen) atoms. The van der Waals surface area contributed by atoms with E-state index in [1.807, 2.05) is 11.8 Å². The number of hydrogen-bond acceptors (Lipinski definition) is 2. The molecule has 2 heterocycles. The van der Waals surface area contributed by atoms with Crippen molar-refractivity contribution in [3.63, 3.8) is 0 Å². The van der Waals surface area contributed by atoms with Crippen LogP contribution in [-0.4, -0.2) is 24.0 Å². The molecule has 2 rings (SSSR count). The van der Waals surface area contributed by atoms with Crippen molar-refractivity contribution in [1.29, 1.82) is 0 Å². The van der Waals surface area contributed by atoms with Crippen LogP contribution in [0.4, 0.5) is 0 Å². The molecule has 2 fully saturated rings. The van der Waals surface area contributed by atoms with E-state index in [9.17, 15) is 4.79 Å². The maximum absolute atomic E-state index is 11.0. The number of carbonyl (C=O) groups excluding carboxylic acids is 1. The quantitative estimate of drug-likeness (QED) is 0.589. The van der Waals surface area contributed by atoms with E-state index in [-0.39, 0.29) is 5.91 Å². The Kier molecular flexibility index (Phi) is 1.83. The van der Waals surface area contributed by atoms with Crippen LogP contribution in [-0.2, 0) is 4.79 Å². The normalized spacial score (nSPS) is 28.9. The molecule has 0 radical (unpaired) electrons. The molecular weight excluding hydrogens is 158 g/mol. The summed E-state index contributed by atoms with van der Waals surface area (Å²) in [6, 6.07) is 0. The van der Waals surface area contributed by atoms with Crippen LogP contribution in [0.25, 0.3) is 0 Å². The molecular formula is C8H13NOS. The van der Waals surface area contributed by atoms with Gasteiger partial charge in [0.05, 0.1) is 0 Å². The standard InChI is InChI=1S/C8H13NOS/c10-7-1-2-8(3-4-9-7)5-11-6-8/h1-6H2,(H,9,10). The third-order valence-electron chi connectivity index (χ3n) is 2.68. The Morgan fingerprint density at radius 2 is 2.18 bits per heavy atom. The summed E-state index contributed by atoms with van der Waals surface area (Å²) in [5.41, 5.74) is 0.545. The van der Waals surface area contributed by atoms with Crippen LogP contribution in [0.3, 0.4) is 0 Å². The topological polar surface area (TPSA) is 29.1 Å². The van der Waals surface area contributed by atoms with Gasteiger partial charge in [-0.15, -0.1) is 0 Å². The Hall–Kier alpha value is -0.180. The molecule has 0 atom stereocenters. The number of hydrogen-bond donors (Lipinski definition) is 1. The van der Waals surface area contributed by atoms with Crippen molar-refractivity contribution in [2.45, 2.75) is 19.3 Å². The average molecular weight is 171 g/mol. The number of amides is 1. The van der Waals surface area contributed by atoms with Crippen LogP contribution >= 0.6 is 11.8 Å². The van der Waals surface area contributed by atoms with E-state index >= 15 is 0 Å². The molecule has 2 saturated heterocycles. The van der Waals surface area contributed by atoms with Gasteiger partial charge in [0, 0.05) is 13.0 Å². The van der Waals surface area contributed by atoms with Gasteiger partial charge in [-0.1, -0.05) is 0 Å². The van der Waals surface area contributed by atoms with Gasteiger partial charge in [0.2, 0.25) is 5.91 Å². The SMILES string of the molecule is O=C1CCC2(CCN1)CSC2. The number of nitrogens with one attached hydrogen (secondary N) is 1. The lowest BCUT2D eigenvalue weighted by Gasteiger charge is -2.40. The van der Waals surface area contributed by atoms with E-state index in [0.717, 1.165) is 19.4 Å². The average Bonchev–Trinajstić information content (AvgIpc) is 2.09. The fourth-order valence-corrected chi connectivity index (χ4v) is 3.10. The van der Waals surface area contributed by atoms with Gasteiger partial charge >= 0.3 is 0 Å². The van der Waals surface area contributed by atoms with Gasteiger partial charge in [-0.2, -0.15) is 11.8 Å². The lowest BCUT2D eigenvalue weighted by atomic mass is 9.84. The van der Waals surface area contributed by atoms with Crippen molar-refractivity contribution >= 4 is 17.7 Å². The minimum absolute atomic E-state index is 0.249. The third kappa shape index (κ3) is 1.39. The first kappa shape index (κ1) is 7.47. The zero-order chi connectivity index (χ0) is 7.73. The van der Waals surface area contributed by atoms with Crippen LogP contribution in [0.5, 0.6) is 0 Å². The summed E-state index contributed by atoms with van der Waals surface area (Å²) in [4.78, 5) is 11.0. The Balaban J connectivity index is 1.97. The summed E-state index contributed by atoms with van der Waals surface area (Å²) in [6.45, 7) is 0.902. The van der Waals surface area contributed by atoms with Gasteiger partial charge in [0.25, 0.3) is 0 Å². The molecule has 0 aromatic carbocycles. The molecule has 0 saturated carbocycles. The summed E-state index contributed by atoms with van der Waals surface area (Å²) >= 11 is 2.01. The highest BCUT2D eigenvalue weighted by molar-refractivity contribution is 8.00. The van der Waals surface area contributed by atoms with E-state index in [4.69, 9.17) is 0 Å². The van der Waals surface area contributed by atoms with Gasteiger partial charge in [-0.25, -0.2) is 0 Å². The molecule has 1 amide bonds. The zero-order valence-corrected chi connectivity index (χ0v) is 7.38. The minimum Gasteiger partial charge on any atom is -0.356 e. The van der Waals surface area contributed by atoms with Crippen molar-refractivity contribution in [2.24, 2.45) is 5.41 Å². The minimum atomic E-state index is 0.249. The first-order valence-corrected chi connectivity index (χ1v) is 5.31. The largest absolute Gasteiger partial charge is 0.356 e. The molecule has 0 aromatic heterocycles. The first-order chi connectivity index (χ1) is 5.31. The monoisotopic (exact) mass is 171 g/mol. The molecule has 0 aliphatic carbocycles. The maximum atomic E-state index is 11.0. The summed E-state index contributed by atoms with van der Waals surface area (Å²) in [5.74, 6) is 2.81. The van der Waals surface area contributed by atoms with Crippen LogP contribution in [0.1, 0.15) is 19.3 Å². The fourth-order valence-electron chi connectivity index (χ4n) is 1.74. The first-order valence-electron chi connectivity index (χ1n) is 4.15. The molecule has 1 N–H and O–H groups in total. The van der Waals surface area contributed by atoms with Crippen molar-refractivity contribution < 1.29 is 4.79 Å². The van der Waals surface area contributed by atoms with Crippen molar-refractivity contribution in [3.8, 4) is 0 Å². The number of thioether (sulfide) groups is 1. The van der Waals surface area contributed by atoms with Crippen LogP contribution in [0.2, 0.25) is 0 Å². The second-order valence-electron chi connectivity index (χ2n) is 3.59. The lowest BCUT2D eigenvalue weighted by molar-refractivity contribution is -0.120. The van der Waals surface area contributed by atoms with Crippen molar-refractivity contribution in [2.75, 3.05) is 18.1 Å². The molecule has 2 aliphatic rings. The molecule has 1 spiro atoms. The maximum Gasteiger partial charge on any atom is 0.220 e. The highest BCUT2D eigenvalue weighted by atomic mass is 32.2. The molecule has 0 unspecified atom stereocenters. The Bertz CT molecular complexity index is 177. The van der Waals surface area contributed by atoms with E-state index in [2.05, 4.69) is 5.32 Å². The van der Waals surface area contributed by atoms with Gasteiger partial charge in [-0.3, -0.25) is 4.79 Å². The second-order valence-corrected chi connectivity index (χ2v) is 4.58. The summed E-state index contributed by atoms with van der Waals surface area (Å²) in [5, 5.41) is 2.92. The molecule has 0 bridgehead atoms. The highest BCUT2D eigenvalue weighted by Gasteiger charge is 2.38. The molecule has 0 aromatic rings. The molecule has 3 heteroatoms. The van der Waals surface area contributed by atoms with E-state index in [1.54, 1.807) is 0 Å². The van der Waals surface area contributed by atoms with Crippen LogP contribution < -0.4 is 5.32 Å². The van der Waals surface area contributed by atoms with Gasteiger partial charge in [0.1, 0.15) is 0 Å².